The van der Waals surface area contributed by atoms with Crippen molar-refractivity contribution in [1.82, 2.24) is 10.3 Å². The van der Waals surface area contributed by atoms with Crippen LogP contribution in [0, 0.1) is 5.92 Å². The van der Waals surface area contributed by atoms with Crippen molar-refractivity contribution in [3.63, 3.8) is 0 Å². The highest BCUT2D eigenvalue weighted by molar-refractivity contribution is 6.07. The molecular formula is C21H24N4O2. The summed E-state index contributed by atoms with van der Waals surface area (Å²) in [7, 11) is 0. The number of benzene rings is 1. The average Bonchev–Trinajstić information content (AvgIpc) is 3.11. The van der Waals surface area contributed by atoms with Gasteiger partial charge in [-0.15, -0.1) is 0 Å². The first-order chi connectivity index (χ1) is 13.1. The van der Waals surface area contributed by atoms with Crippen molar-refractivity contribution in [3.05, 3.63) is 53.9 Å². The Bertz CT molecular complexity index is 853. The van der Waals surface area contributed by atoms with Crippen LogP contribution in [0.4, 0.5) is 11.4 Å². The van der Waals surface area contributed by atoms with Crippen LogP contribution in [-0.4, -0.2) is 35.9 Å². The van der Waals surface area contributed by atoms with Gasteiger partial charge in [-0.2, -0.15) is 0 Å². The van der Waals surface area contributed by atoms with Crippen LogP contribution in [-0.2, 0) is 11.2 Å². The molecular weight excluding hydrogens is 340 g/mol. The van der Waals surface area contributed by atoms with E-state index >= 15 is 0 Å². The number of aromatic nitrogens is 1. The minimum absolute atomic E-state index is 0.0395. The minimum Gasteiger partial charge on any atom is -0.326 e. The zero-order chi connectivity index (χ0) is 18.8. The summed E-state index contributed by atoms with van der Waals surface area (Å²) in [6, 6.07) is 9.73. The first-order valence-corrected chi connectivity index (χ1v) is 9.51. The lowest BCUT2D eigenvalue weighted by Crippen LogP contribution is -2.40. The van der Waals surface area contributed by atoms with Gasteiger partial charge in [0.2, 0.25) is 5.91 Å². The van der Waals surface area contributed by atoms with Gasteiger partial charge in [-0.3, -0.25) is 14.6 Å². The molecule has 2 aliphatic heterocycles. The molecule has 2 aliphatic rings. The summed E-state index contributed by atoms with van der Waals surface area (Å²) in [4.78, 5) is 31.1. The molecule has 2 aromatic rings. The lowest BCUT2D eigenvalue weighted by atomic mass is 9.92. The van der Waals surface area contributed by atoms with E-state index in [1.165, 1.54) is 0 Å². The van der Waals surface area contributed by atoms with Gasteiger partial charge in [-0.25, -0.2) is 0 Å². The van der Waals surface area contributed by atoms with E-state index in [1.54, 1.807) is 29.4 Å². The molecule has 1 aromatic carbocycles. The third-order valence-corrected chi connectivity index (χ3v) is 5.39. The maximum Gasteiger partial charge on any atom is 0.259 e. The summed E-state index contributed by atoms with van der Waals surface area (Å²) >= 11 is 0. The van der Waals surface area contributed by atoms with Gasteiger partial charge in [-0.05, 0) is 68.6 Å². The molecule has 0 aliphatic carbocycles. The lowest BCUT2D eigenvalue weighted by Gasteiger charge is -2.27. The van der Waals surface area contributed by atoms with E-state index in [4.69, 9.17) is 0 Å². The number of rotatable bonds is 3. The molecule has 0 spiro atoms. The predicted octanol–water partition coefficient (Wildman–Crippen LogP) is 2.61. The van der Waals surface area contributed by atoms with Crippen molar-refractivity contribution >= 4 is 23.2 Å². The Hall–Kier alpha value is -2.73. The number of piperidine rings is 1. The Balaban J connectivity index is 1.47. The largest absolute Gasteiger partial charge is 0.326 e. The Morgan fingerprint density at radius 3 is 2.96 bits per heavy atom. The van der Waals surface area contributed by atoms with Gasteiger partial charge < -0.3 is 15.5 Å². The Kier molecular flexibility index (Phi) is 4.90. The highest BCUT2D eigenvalue weighted by Gasteiger charge is 2.27. The summed E-state index contributed by atoms with van der Waals surface area (Å²) < 4.78 is 0. The van der Waals surface area contributed by atoms with Crippen LogP contribution in [0.5, 0.6) is 0 Å². The molecule has 140 valence electrons. The predicted molar refractivity (Wildman–Crippen MR) is 105 cm³/mol. The molecule has 2 N–H and O–H groups in total. The van der Waals surface area contributed by atoms with Gasteiger partial charge in [0.1, 0.15) is 0 Å². The standard InChI is InChI=1S/C21H24N4O2/c1-14-11-16(6-9-23-14)20(26)24-18-4-5-19-15(12-18)7-10-25(19)21(27)17-3-2-8-22-13-17/h2-5,8,12-14,16,23H,6-7,9-11H2,1H3,(H,24,26)/t14-,16-/m0/s1. The number of nitrogens with one attached hydrogen (secondary N) is 2. The highest BCUT2D eigenvalue weighted by Crippen LogP contribution is 2.32. The topological polar surface area (TPSA) is 74.3 Å². The number of fused-ring (bicyclic) bond motifs is 1. The fraction of sp³-hybridized carbons (Fsp3) is 0.381. The second-order valence-electron chi connectivity index (χ2n) is 7.36. The first-order valence-electron chi connectivity index (χ1n) is 9.51. The molecule has 4 rings (SSSR count). The Morgan fingerprint density at radius 2 is 2.19 bits per heavy atom. The van der Waals surface area contributed by atoms with Crippen LogP contribution in [0.1, 0.15) is 35.7 Å². The highest BCUT2D eigenvalue weighted by atomic mass is 16.2. The van der Waals surface area contributed by atoms with Crippen LogP contribution in [0.25, 0.3) is 0 Å². The van der Waals surface area contributed by atoms with E-state index in [-0.39, 0.29) is 17.7 Å². The smallest absolute Gasteiger partial charge is 0.259 e. The quantitative estimate of drug-likeness (QED) is 0.878. The summed E-state index contributed by atoms with van der Waals surface area (Å²) in [5.74, 6) is 0.102. The summed E-state index contributed by atoms with van der Waals surface area (Å²) in [5, 5.41) is 6.43. The van der Waals surface area contributed by atoms with Crippen molar-refractivity contribution in [1.29, 1.82) is 0 Å². The normalized spacial score (nSPS) is 21.6. The van der Waals surface area contributed by atoms with Crippen molar-refractivity contribution < 1.29 is 9.59 Å². The van der Waals surface area contributed by atoms with Crippen LogP contribution in [0.2, 0.25) is 0 Å². The van der Waals surface area contributed by atoms with E-state index in [0.717, 1.165) is 42.7 Å². The molecule has 27 heavy (non-hydrogen) atoms. The summed E-state index contributed by atoms with van der Waals surface area (Å²) in [6.07, 6.45) is 5.77. The maximum absolute atomic E-state index is 12.7. The number of amides is 2. The van der Waals surface area contributed by atoms with Gasteiger partial charge in [0.05, 0.1) is 5.56 Å². The van der Waals surface area contributed by atoms with Crippen molar-refractivity contribution in [2.75, 3.05) is 23.3 Å². The van der Waals surface area contributed by atoms with E-state index in [1.807, 2.05) is 18.2 Å². The van der Waals surface area contributed by atoms with E-state index in [9.17, 15) is 9.59 Å². The first kappa shape index (κ1) is 17.7. The fourth-order valence-electron chi connectivity index (χ4n) is 3.95. The van der Waals surface area contributed by atoms with E-state index < -0.39 is 0 Å². The molecule has 0 unspecified atom stereocenters. The van der Waals surface area contributed by atoms with Crippen molar-refractivity contribution in [2.45, 2.75) is 32.2 Å². The number of pyridine rings is 1. The fourth-order valence-corrected chi connectivity index (χ4v) is 3.95. The number of hydrogen-bond donors (Lipinski definition) is 2. The van der Waals surface area contributed by atoms with E-state index in [0.29, 0.717) is 18.2 Å². The molecule has 2 amide bonds. The van der Waals surface area contributed by atoms with Crippen molar-refractivity contribution in [3.8, 4) is 0 Å². The monoisotopic (exact) mass is 364 g/mol. The number of carbonyl (C=O) groups excluding carboxylic acids is 2. The van der Waals surface area contributed by atoms with Gasteiger partial charge in [0, 0.05) is 42.3 Å². The molecule has 6 nitrogen and oxygen atoms in total. The molecule has 1 fully saturated rings. The van der Waals surface area contributed by atoms with Crippen LogP contribution in [0.15, 0.2) is 42.7 Å². The molecule has 0 saturated carbocycles. The number of anilines is 2. The van der Waals surface area contributed by atoms with Crippen LogP contribution >= 0.6 is 0 Å². The SMILES string of the molecule is C[C@H]1C[C@@H](C(=O)Nc2ccc3c(c2)CCN3C(=O)c2cccnc2)CCN1. The van der Waals surface area contributed by atoms with Gasteiger partial charge >= 0.3 is 0 Å². The minimum atomic E-state index is -0.0395. The van der Waals surface area contributed by atoms with Gasteiger partial charge in [-0.1, -0.05) is 0 Å². The second-order valence-corrected chi connectivity index (χ2v) is 7.36. The van der Waals surface area contributed by atoms with Gasteiger partial charge in [0.25, 0.3) is 5.91 Å². The second kappa shape index (κ2) is 7.48. The average molecular weight is 364 g/mol. The zero-order valence-corrected chi connectivity index (χ0v) is 15.4. The molecule has 0 bridgehead atoms. The number of nitrogens with zero attached hydrogens (tertiary/aromatic N) is 2. The van der Waals surface area contributed by atoms with E-state index in [2.05, 4.69) is 22.5 Å². The molecule has 3 heterocycles. The van der Waals surface area contributed by atoms with Crippen LogP contribution < -0.4 is 15.5 Å². The maximum atomic E-state index is 12.7. The van der Waals surface area contributed by atoms with Gasteiger partial charge in [0.15, 0.2) is 0 Å². The molecule has 1 saturated heterocycles. The third-order valence-electron chi connectivity index (χ3n) is 5.39. The third kappa shape index (κ3) is 3.71. The number of hydrogen-bond acceptors (Lipinski definition) is 4. The molecule has 1 aromatic heterocycles. The lowest BCUT2D eigenvalue weighted by molar-refractivity contribution is -0.120. The van der Waals surface area contributed by atoms with Crippen LogP contribution in [0.3, 0.4) is 0 Å². The molecule has 6 heteroatoms. The van der Waals surface area contributed by atoms with Crippen molar-refractivity contribution in [2.24, 2.45) is 5.92 Å². The Morgan fingerprint density at radius 1 is 1.30 bits per heavy atom. The molecule has 2 atom stereocenters. The molecule has 0 radical (unpaired) electrons. The summed E-state index contributed by atoms with van der Waals surface area (Å²) in [5.41, 5.74) is 3.39. The summed E-state index contributed by atoms with van der Waals surface area (Å²) in [6.45, 7) is 3.64. The number of carbonyl (C=O) groups is 2. The zero-order valence-electron chi connectivity index (χ0n) is 15.4. The Labute approximate surface area is 159 Å².